The van der Waals surface area contributed by atoms with Gasteiger partial charge >= 0.3 is 0 Å². The van der Waals surface area contributed by atoms with Crippen molar-refractivity contribution < 1.29 is 13.6 Å². The number of carbonyl (C=O) groups is 1. The molecule has 0 unspecified atom stereocenters. The minimum absolute atomic E-state index is 0.0961. The zero-order chi connectivity index (χ0) is 20.9. The lowest BCUT2D eigenvalue weighted by molar-refractivity contribution is 0.0931. The number of benzene rings is 2. The van der Waals surface area contributed by atoms with Crippen LogP contribution in [-0.4, -0.2) is 29.9 Å². The fourth-order valence-electron chi connectivity index (χ4n) is 4.13. The van der Waals surface area contributed by atoms with E-state index in [0.29, 0.717) is 5.76 Å². The Hall–Kier alpha value is -2.92. The number of amides is 1. The van der Waals surface area contributed by atoms with Gasteiger partial charge in [0.1, 0.15) is 5.82 Å². The normalized spacial score (nSPS) is 15.3. The van der Waals surface area contributed by atoms with Gasteiger partial charge in [0.25, 0.3) is 5.91 Å². The topological polar surface area (TPSA) is 36.7 Å². The van der Waals surface area contributed by atoms with Crippen LogP contribution in [0.15, 0.2) is 71.3 Å². The number of hydrogen-bond donors (Lipinski definition) is 0. The first kappa shape index (κ1) is 20.4. The molecule has 0 bridgehead atoms. The summed E-state index contributed by atoms with van der Waals surface area (Å²) in [5.74, 6) is 0.0534. The Labute approximate surface area is 176 Å². The molecule has 1 fully saturated rings. The van der Waals surface area contributed by atoms with Crippen molar-refractivity contribution in [2.24, 2.45) is 0 Å². The lowest BCUT2D eigenvalue weighted by Crippen LogP contribution is -2.47. The van der Waals surface area contributed by atoms with Gasteiger partial charge in [-0.15, -0.1) is 0 Å². The van der Waals surface area contributed by atoms with Crippen molar-refractivity contribution in [2.45, 2.75) is 38.8 Å². The minimum atomic E-state index is -0.201. The molecule has 4 rings (SSSR count). The largest absolute Gasteiger partial charge is 0.459 e. The minimum Gasteiger partial charge on any atom is -0.459 e. The number of rotatable bonds is 6. The summed E-state index contributed by atoms with van der Waals surface area (Å²) >= 11 is 0. The third kappa shape index (κ3) is 4.62. The van der Waals surface area contributed by atoms with Crippen LogP contribution in [0, 0.1) is 5.82 Å². The third-order valence-corrected chi connectivity index (χ3v) is 5.79. The van der Waals surface area contributed by atoms with Gasteiger partial charge in [-0.3, -0.25) is 9.69 Å². The van der Waals surface area contributed by atoms with Crippen LogP contribution in [0.5, 0.6) is 0 Å². The lowest BCUT2D eigenvalue weighted by atomic mass is 10.0. The van der Waals surface area contributed by atoms with Gasteiger partial charge in [-0.2, -0.15) is 0 Å². The number of hydrogen-bond acceptors (Lipinski definition) is 3. The molecule has 5 heteroatoms. The molecule has 0 aliphatic carbocycles. The molecule has 1 aliphatic heterocycles. The molecule has 1 amide bonds. The highest BCUT2D eigenvalue weighted by molar-refractivity contribution is 6.04. The maximum absolute atomic E-state index is 13.5. The van der Waals surface area contributed by atoms with E-state index >= 15 is 0 Å². The molecule has 2 heterocycles. The Bertz CT molecular complexity index is 961. The molecule has 0 N–H and O–H groups in total. The second-order valence-electron chi connectivity index (χ2n) is 7.81. The Morgan fingerprint density at radius 3 is 2.47 bits per heavy atom. The van der Waals surface area contributed by atoms with Crippen molar-refractivity contribution in [1.29, 1.82) is 0 Å². The number of halogens is 1. The summed E-state index contributed by atoms with van der Waals surface area (Å²) in [6.07, 6.45) is 4.21. The molecule has 2 aromatic carbocycles. The fraction of sp³-hybridized carbons (Fsp3) is 0.320. The van der Waals surface area contributed by atoms with E-state index in [-0.39, 0.29) is 17.8 Å². The van der Waals surface area contributed by atoms with Crippen molar-refractivity contribution in [3.63, 3.8) is 0 Å². The van der Waals surface area contributed by atoms with Crippen LogP contribution in [0.2, 0.25) is 0 Å². The molecule has 1 aromatic heterocycles. The van der Waals surface area contributed by atoms with Gasteiger partial charge in [0.2, 0.25) is 0 Å². The summed E-state index contributed by atoms with van der Waals surface area (Å²) in [5.41, 5.74) is 3.12. The summed E-state index contributed by atoms with van der Waals surface area (Å²) < 4.78 is 18.9. The summed E-state index contributed by atoms with van der Waals surface area (Å²) in [6.45, 7) is 4.56. The zero-order valence-corrected chi connectivity index (χ0v) is 17.3. The van der Waals surface area contributed by atoms with Gasteiger partial charge in [-0.25, -0.2) is 4.39 Å². The molecule has 0 saturated carbocycles. The van der Waals surface area contributed by atoms with Gasteiger partial charge in [0.05, 0.1) is 6.26 Å². The Kier molecular flexibility index (Phi) is 6.29. The van der Waals surface area contributed by atoms with E-state index in [1.165, 1.54) is 17.9 Å². The van der Waals surface area contributed by atoms with Crippen LogP contribution in [0.1, 0.15) is 41.4 Å². The van der Waals surface area contributed by atoms with Crippen LogP contribution in [0.3, 0.4) is 0 Å². The van der Waals surface area contributed by atoms with Crippen LogP contribution in [-0.2, 0) is 13.0 Å². The molecule has 0 radical (unpaired) electrons. The quantitative estimate of drug-likeness (QED) is 0.558. The molecule has 1 saturated heterocycles. The lowest BCUT2D eigenvalue weighted by Gasteiger charge is -2.38. The van der Waals surface area contributed by atoms with Crippen molar-refractivity contribution in [1.82, 2.24) is 4.90 Å². The summed E-state index contributed by atoms with van der Waals surface area (Å²) in [5, 5.41) is 0. The van der Waals surface area contributed by atoms with E-state index in [1.807, 2.05) is 23.1 Å². The Morgan fingerprint density at radius 2 is 1.83 bits per heavy atom. The number of furan rings is 1. The van der Waals surface area contributed by atoms with Gasteiger partial charge in [0.15, 0.2) is 5.76 Å². The van der Waals surface area contributed by atoms with Gasteiger partial charge in [-0.1, -0.05) is 31.2 Å². The summed E-state index contributed by atoms with van der Waals surface area (Å²) in [7, 11) is 0. The monoisotopic (exact) mass is 406 g/mol. The standard InChI is InChI=1S/C25H27FN2O2/c1-2-19-8-10-22(11-9-19)28(25(29)24-7-4-16-30-24)23-12-14-27(15-13-23)18-20-5-3-6-21(26)17-20/h3-11,16-17,23H,2,12-15,18H2,1H3. The third-order valence-electron chi connectivity index (χ3n) is 5.79. The van der Waals surface area contributed by atoms with Crippen molar-refractivity contribution in [3.8, 4) is 0 Å². The highest BCUT2D eigenvalue weighted by atomic mass is 19.1. The average Bonchev–Trinajstić information content (AvgIpc) is 3.31. The molecule has 3 aromatic rings. The van der Waals surface area contributed by atoms with Gasteiger partial charge in [-0.05, 0) is 66.8 Å². The number of aryl methyl sites for hydroxylation is 1. The molecular formula is C25H27FN2O2. The first-order chi connectivity index (χ1) is 14.6. The molecule has 0 spiro atoms. The number of piperidine rings is 1. The fourth-order valence-corrected chi connectivity index (χ4v) is 4.13. The maximum atomic E-state index is 13.5. The summed E-state index contributed by atoms with van der Waals surface area (Å²) in [4.78, 5) is 17.5. The molecule has 1 aliphatic rings. The Balaban J connectivity index is 1.49. The second-order valence-corrected chi connectivity index (χ2v) is 7.81. The number of anilines is 1. The highest BCUT2D eigenvalue weighted by Crippen LogP contribution is 2.27. The van der Waals surface area contributed by atoms with Crippen LogP contribution >= 0.6 is 0 Å². The van der Waals surface area contributed by atoms with E-state index in [0.717, 1.165) is 50.1 Å². The first-order valence-electron chi connectivity index (χ1n) is 10.6. The van der Waals surface area contributed by atoms with Crippen molar-refractivity contribution >= 4 is 11.6 Å². The maximum Gasteiger partial charge on any atom is 0.294 e. The van der Waals surface area contributed by atoms with E-state index in [9.17, 15) is 9.18 Å². The second kappa shape index (κ2) is 9.26. The highest BCUT2D eigenvalue weighted by Gasteiger charge is 2.31. The number of likely N-dealkylation sites (tertiary alicyclic amines) is 1. The molecular weight excluding hydrogens is 379 g/mol. The van der Waals surface area contributed by atoms with Crippen molar-refractivity contribution in [3.05, 3.63) is 89.6 Å². The van der Waals surface area contributed by atoms with Crippen LogP contribution in [0.4, 0.5) is 10.1 Å². The predicted octanol–water partition coefficient (Wildman–Crippen LogP) is 5.29. The number of carbonyl (C=O) groups excluding carboxylic acids is 1. The molecule has 156 valence electrons. The van der Waals surface area contributed by atoms with Crippen molar-refractivity contribution in [2.75, 3.05) is 18.0 Å². The zero-order valence-electron chi connectivity index (χ0n) is 17.3. The molecule has 30 heavy (non-hydrogen) atoms. The first-order valence-corrected chi connectivity index (χ1v) is 10.6. The average molecular weight is 407 g/mol. The number of nitrogens with zero attached hydrogens (tertiary/aromatic N) is 2. The van der Waals surface area contributed by atoms with Crippen LogP contribution < -0.4 is 4.90 Å². The van der Waals surface area contributed by atoms with E-state index in [4.69, 9.17) is 4.42 Å². The van der Waals surface area contributed by atoms with Gasteiger partial charge in [0, 0.05) is 31.4 Å². The van der Waals surface area contributed by atoms with Gasteiger partial charge < -0.3 is 9.32 Å². The van der Waals surface area contributed by atoms with E-state index < -0.39 is 0 Å². The molecule has 0 atom stereocenters. The Morgan fingerprint density at radius 1 is 1.07 bits per heavy atom. The molecule has 4 nitrogen and oxygen atoms in total. The predicted molar refractivity (Wildman–Crippen MR) is 116 cm³/mol. The van der Waals surface area contributed by atoms with Crippen LogP contribution in [0.25, 0.3) is 0 Å². The summed E-state index contributed by atoms with van der Waals surface area (Å²) in [6, 6.07) is 18.5. The van der Waals surface area contributed by atoms with E-state index in [2.05, 4.69) is 24.0 Å². The van der Waals surface area contributed by atoms with E-state index in [1.54, 1.807) is 24.3 Å². The SMILES string of the molecule is CCc1ccc(N(C(=O)c2ccco2)C2CCN(Cc3cccc(F)c3)CC2)cc1. The smallest absolute Gasteiger partial charge is 0.294 e.